The molecule has 0 bridgehead atoms. The summed E-state index contributed by atoms with van der Waals surface area (Å²) in [6, 6.07) is -0.0145. The molecule has 37 heavy (non-hydrogen) atoms. The lowest BCUT2D eigenvalue weighted by Crippen LogP contribution is -2.67. The minimum Gasteiger partial charge on any atom is -0.458 e. The van der Waals surface area contributed by atoms with E-state index in [9.17, 15) is 14.7 Å². The molecule has 0 heterocycles. The summed E-state index contributed by atoms with van der Waals surface area (Å²) in [6.07, 6.45) is 10.7. The third kappa shape index (κ3) is 4.38. The lowest BCUT2D eigenvalue weighted by Gasteiger charge is -2.69. The van der Waals surface area contributed by atoms with Crippen molar-refractivity contribution in [3.63, 3.8) is 0 Å². The van der Waals surface area contributed by atoms with E-state index < -0.39 is 6.10 Å². The first-order valence-corrected chi connectivity index (χ1v) is 14.3. The van der Waals surface area contributed by atoms with Crippen LogP contribution in [0.15, 0.2) is 34.9 Å². The highest BCUT2D eigenvalue weighted by Gasteiger charge is 2.70. The van der Waals surface area contributed by atoms with Crippen molar-refractivity contribution in [2.24, 2.45) is 45.7 Å². The summed E-state index contributed by atoms with van der Waals surface area (Å²) in [5.41, 5.74) is 9.83. The van der Waals surface area contributed by atoms with Crippen molar-refractivity contribution in [3.8, 4) is 0 Å². The minimum absolute atomic E-state index is 0.00131. The van der Waals surface area contributed by atoms with Gasteiger partial charge in [-0.1, -0.05) is 51.5 Å². The molecule has 0 radical (unpaired) electrons. The van der Waals surface area contributed by atoms with Gasteiger partial charge in [0.25, 0.3) is 0 Å². The van der Waals surface area contributed by atoms with Crippen molar-refractivity contribution < 1.29 is 19.4 Å². The van der Waals surface area contributed by atoms with Gasteiger partial charge in [0.05, 0.1) is 6.10 Å². The van der Waals surface area contributed by atoms with Crippen molar-refractivity contribution in [2.75, 3.05) is 0 Å². The molecule has 0 aromatic rings. The first-order chi connectivity index (χ1) is 17.2. The fourth-order valence-corrected chi connectivity index (χ4v) is 9.75. The highest BCUT2D eigenvalue weighted by Crippen LogP contribution is 2.74. The van der Waals surface area contributed by atoms with E-state index in [1.165, 1.54) is 6.92 Å². The molecule has 0 aliphatic heterocycles. The molecule has 1 unspecified atom stereocenters. The Morgan fingerprint density at radius 2 is 1.73 bits per heavy atom. The van der Waals surface area contributed by atoms with E-state index in [2.05, 4.69) is 27.7 Å². The van der Waals surface area contributed by atoms with Gasteiger partial charge in [0.2, 0.25) is 0 Å². The summed E-state index contributed by atoms with van der Waals surface area (Å²) in [4.78, 5) is 25.3. The van der Waals surface area contributed by atoms with Crippen LogP contribution in [0.5, 0.6) is 0 Å². The number of nitrogens with two attached hydrogens (primary N) is 1. The van der Waals surface area contributed by atoms with Crippen molar-refractivity contribution in [1.29, 1.82) is 0 Å². The molecule has 4 saturated carbocycles. The van der Waals surface area contributed by atoms with Gasteiger partial charge in [-0.25, -0.2) is 0 Å². The Kier molecular flexibility index (Phi) is 7.48. The molecule has 4 aliphatic rings. The van der Waals surface area contributed by atoms with Gasteiger partial charge >= 0.3 is 5.97 Å². The summed E-state index contributed by atoms with van der Waals surface area (Å²) in [5.74, 6) is 0.822. The molecule has 0 aromatic carbocycles. The molecule has 5 heteroatoms. The summed E-state index contributed by atoms with van der Waals surface area (Å²) in [7, 11) is 0. The topological polar surface area (TPSA) is 89.6 Å². The first kappa shape index (κ1) is 28.3. The maximum absolute atomic E-state index is 13.0. The van der Waals surface area contributed by atoms with E-state index in [0.29, 0.717) is 17.4 Å². The summed E-state index contributed by atoms with van der Waals surface area (Å²) in [6.45, 7) is 16.6. The zero-order chi connectivity index (χ0) is 27.5. The summed E-state index contributed by atoms with van der Waals surface area (Å²) >= 11 is 0. The average Bonchev–Trinajstić information content (AvgIpc) is 3.05. The third-order valence-corrected chi connectivity index (χ3v) is 11.5. The highest BCUT2D eigenvalue weighted by molar-refractivity contribution is 5.97. The van der Waals surface area contributed by atoms with Crippen LogP contribution in [0, 0.1) is 39.9 Å². The number of fused-ring (bicyclic) bond motifs is 5. The molecular weight excluding hydrogens is 462 g/mol. The van der Waals surface area contributed by atoms with Gasteiger partial charge in [0.1, 0.15) is 6.10 Å². The van der Waals surface area contributed by atoms with Gasteiger partial charge in [-0.3, -0.25) is 9.59 Å². The monoisotopic (exact) mass is 511 g/mol. The Bertz CT molecular complexity index is 1040. The second-order valence-electron chi connectivity index (χ2n) is 13.7. The molecule has 0 saturated heterocycles. The van der Waals surface area contributed by atoms with Gasteiger partial charge in [0.15, 0.2) is 5.78 Å². The number of rotatable bonds is 4. The third-order valence-electron chi connectivity index (χ3n) is 11.5. The number of aliphatic hydroxyl groups is 1. The van der Waals surface area contributed by atoms with E-state index in [1.807, 2.05) is 32.1 Å². The predicted molar refractivity (Wildman–Crippen MR) is 147 cm³/mol. The zero-order valence-corrected chi connectivity index (χ0v) is 24.3. The molecule has 0 spiro atoms. The fraction of sp³-hybridized carbons (Fsp3) is 0.750. The molecule has 0 aromatic heterocycles. The Hall–Kier alpha value is -1.72. The molecule has 4 aliphatic carbocycles. The van der Waals surface area contributed by atoms with Crippen molar-refractivity contribution in [1.82, 2.24) is 0 Å². The van der Waals surface area contributed by atoms with E-state index in [-0.39, 0.29) is 52.0 Å². The summed E-state index contributed by atoms with van der Waals surface area (Å²) in [5, 5.41) is 10.7. The molecule has 4 rings (SSSR count). The second-order valence-corrected chi connectivity index (χ2v) is 13.7. The van der Waals surface area contributed by atoms with E-state index >= 15 is 0 Å². The molecule has 10 atom stereocenters. The molecule has 206 valence electrons. The molecule has 3 N–H and O–H groups in total. The minimum atomic E-state index is -0.414. The molecular formula is C32H49NO4. The first-order valence-electron chi connectivity index (χ1n) is 14.3. The number of carbonyl (C=O) groups is 2. The maximum Gasteiger partial charge on any atom is 0.303 e. The maximum atomic E-state index is 13.0. The largest absolute Gasteiger partial charge is 0.458 e. The van der Waals surface area contributed by atoms with Crippen LogP contribution in [0.4, 0.5) is 0 Å². The van der Waals surface area contributed by atoms with Crippen molar-refractivity contribution in [3.05, 3.63) is 34.9 Å². The molecule has 4 fully saturated rings. The van der Waals surface area contributed by atoms with Crippen LogP contribution in [-0.4, -0.2) is 35.1 Å². The SMILES string of the molecule is CC(=O)O[C@H]1C[C@@]2(C)C(C[C@@H](N)[C@H]3[C@@]4(C)CC[C@@H](O)[C@@H](C)[C@@H]4CC[C@@]32C)/C1=C(\C=C/C=C(C)C)C(C)=O. The lowest BCUT2D eigenvalue weighted by molar-refractivity contribution is -0.204. The number of aliphatic hydroxyl groups excluding tert-OH is 1. The number of allylic oxidation sites excluding steroid dienone is 5. The van der Waals surface area contributed by atoms with Crippen LogP contribution in [0.3, 0.4) is 0 Å². The second kappa shape index (κ2) is 9.79. The van der Waals surface area contributed by atoms with E-state index in [1.54, 1.807) is 6.92 Å². The van der Waals surface area contributed by atoms with Crippen LogP contribution in [0.1, 0.15) is 93.9 Å². The number of esters is 1. The fourth-order valence-electron chi connectivity index (χ4n) is 9.75. The van der Waals surface area contributed by atoms with Crippen molar-refractivity contribution in [2.45, 2.75) is 112 Å². The Labute approximate surface area is 224 Å². The Morgan fingerprint density at radius 3 is 2.32 bits per heavy atom. The number of ketones is 1. The van der Waals surface area contributed by atoms with Crippen LogP contribution in [0.2, 0.25) is 0 Å². The number of Topliss-reactive ketones (excluding diaryl/α,β-unsaturated/α-hetero) is 1. The molecule has 5 nitrogen and oxygen atoms in total. The van der Waals surface area contributed by atoms with Crippen LogP contribution in [-0.2, 0) is 14.3 Å². The van der Waals surface area contributed by atoms with E-state index in [4.69, 9.17) is 10.5 Å². The van der Waals surface area contributed by atoms with Crippen LogP contribution >= 0.6 is 0 Å². The molecule has 0 amide bonds. The summed E-state index contributed by atoms with van der Waals surface area (Å²) < 4.78 is 5.99. The van der Waals surface area contributed by atoms with Crippen LogP contribution < -0.4 is 5.73 Å². The highest BCUT2D eigenvalue weighted by atomic mass is 16.5. The van der Waals surface area contributed by atoms with Crippen molar-refractivity contribution >= 4 is 11.8 Å². The Balaban J connectivity index is 1.86. The van der Waals surface area contributed by atoms with Crippen LogP contribution in [0.25, 0.3) is 0 Å². The zero-order valence-electron chi connectivity index (χ0n) is 24.3. The van der Waals surface area contributed by atoms with Gasteiger partial charge in [-0.15, -0.1) is 0 Å². The normalized spacial score (nSPS) is 46.5. The smallest absolute Gasteiger partial charge is 0.303 e. The van der Waals surface area contributed by atoms with Gasteiger partial charge in [0, 0.05) is 18.5 Å². The van der Waals surface area contributed by atoms with E-state index in [0.717, 1.165) is 49.7 Å². The Morgan fingerprint density at radius 1 is 1.05 bits per heavy atom. The lowest BCUT2D eigenvalue weighted by atomic mass is 9.36. The number of hydrogen-bond acceptors (Lipinski definition) is 5. The van der Waals surface area contributed by atoms with Gasteiger partial charge < -0.3 is 15.6 Å². The standard InChI is InChI=1S/C32H49NO4/c1-18(2)10-9-11-22(20(4)34)28-24-16-25(33)29-30(6)14-13-26(36)19(3)23(30)12-15-31(29,7)32(24,8)17-27(28)37-21(5)35/h9-11,19,23-27,29,36H,12-17,33H2,1-8H3/b11-9-,28-22-/t19-,23-,24?,25+,26+,27-,29-,30-,31-,32-/m0/s1. The van der Waals surface area contributed by atoms with Gasteiger partial charge in [-0.05, 0) is 105 Å². The predicted octanol–water partition coefficient (Wildman–Crippen LogP) is 5.91. The quantitative estimate of drug-likeness (QED) is 0.278. The van der Waals surface area contributed by atoms with Gasteiger partial charge in [-0.2, -0.15) is 0 Å². The number of ether oxygens (including phenoxy) is 1. The number of carbonyl (C=O) groups excluding carboxylic acids is 2. The average molecular weight is 512 g/mol. The number of hydrogen-bond donors (Lipinski definition) is 2.